The monoisotopic (exact) mass is 752 g/mol. The highest BCUT2D eigenvalue weighted by Crippen LogP contribution is 2.31. The van der Waals surface area contributed by atoms with Gasteiger partial charge < -0.3 is 31.5 Å². The van der Waals surface area contributed by atoms with Gasteiger partial charge in [-0.25, -0.2) is 8.78 Å². The zero-order valence-corrected chi connectivity index (χ0v) is 30.0. The minimum Gasteiger partial charge on any atom is -0.385 e. The van der Waals surface area contributed by atoms with Gasteiger partial charge in [0.05, 0.1) is 30.2 Å². The summed E-state index contributed by atoms with van der Waals surface area (Å²) in [4.78, 5) is 68.7. The van der Waals surface area contributed by atoms with Gasteiger partial charge in [0.25, 0.3) is 11.8 Å². The van der Waals surface area contributed by atoms with E-state index in [9.17, 15) is 38.0 Å². The van der Waals surface area contributed by atoms with Crippen LogP contribution in [0.25, 0.3) is 10.9 Å². The molecular formula is C40H42F2N8O5. The van der Waals surface area contributed by atoms with E-state index >= 15 is 0 Å². The Kier molecular flexibility index (Phi) is 13.8. The number of unbranched alkanes of at least 4 members (excludes halogenated alkanes) is 1. The number of nitrogens with zero attached hydrogens (tertiary/aromatic N) is 3. The predicted molar refractivity (Wildman–Crippen MR) is 201 cm³/mol. The van der Waals surface area contributed by atoms with Crippen LogP contribution in [0.1, 0.15) is 40.7 Å². The van der Waals surface area contributed by atoms with Crippen molar-refractivity contribution in [2.24, 2.45) is 0 Å². The Morgan fingerprint density at radius 2 is 1.56 bits per heavy atom. The van der Waals surface area contributed by atoms with E-state index in [1.807, 2.05) is 60.7 Å². The molecule has 1 aliphatic heterocycles. The maximum Gasteiger partial charge on any atom is 0.268 e. The number of pyridine rings is 1. The van der Waals surface area contributed by atoms with Gasteiger partial charge in [0.1, 0.15) is 18.1 Å². The smallest absolute Gasteiger partial charge is 0.268 e. The number of halogens is 2. The van der Waals surface area contributed by atoms with Crippen LogP contribution >= 0.6 is 0 Å². The number of carbonyl (C=O) groups excluding carboxylic acids is 5. The first-order chi connectivity index (χ1) is 26.6. The summed E-state index contributed by atoms with van der Waals surface area (Å²) in [7, 11) is 0. The molecule has 0 spiro atoms. The number of nitriles is 1. The van der Waals surface area contributed by atoms with Crippen LogP contribution in [0.5, 0.6) is 0 Å². The molecule has 1 fully saturated rings. The summed E-state index contributed by atoms with van der Waals surface area (Å²) >= 11 is 0. The average molecular weight is 753 g/mol. The number of likely N-dealkylation sites (tertiary alicyclic amines) is 1. The van der Waals surface area contributed by atoms with E-state index < -0.39 is 61.3 Å². The molecule has 3 unspecified atom stereocenters. The highest BCUT2D eigenvalue weighted by atomic mass is 19.3. The number of nitrogens with one attached hydrogen (secondary N) is 5. The molecule has 4 aromatic rings. The Balaban J connectivity index is 1.12. The number of fused-ring (bicyclic) bond motifs is 1. The Bertz CT molecular complexity index is 2010. The standard InChI is InChI=1S/C40H42F2N8O5/c41-40(42)22-30(23-43)50(25-40)36(52)24-47-37(53)31-15-18-45-33-14-13-29(21-32(31)33)44-16-7-8-17-46-38(54)35(20-28-11-5-2-6-12-28)49-39(55)34(48-26-51)19-27-9-3-1-4-10-27/h1-6,9-15,18,21,26,30,34-35,44H,7-8,16-17,19-20,22,24-25H2,(H,46,54)(H,47,53)(H,48,51)(H,49,55). The maximum absolute atomic E-state index is 13.8. The summed E-state index contributed by atoms with van der Waals surface area (Å²) in [5.74, 6) is -5.36. The molecule has 0 bridgehead atoms. The van der Waals surface area contributed by atoms with E-state index in [-0.39, 0.29) is 24.3 Å². The highest BCUT2D eigenvalue weighted by molar-refractivity contribution is 6.07. The third-order valence-corrected chi connectivity index (χ3v) is 9.14. The van der Waals surface area contributed by atoms with Crippen molar-refractivity contribution in [2.75, 3.05) is 31.5 Å². The molecule has 5 amide bonds. The molecule has 13 nitrogen and oxygen atoms in total. The molecule has 15 heteroatoms. The van der Waals surface area contributed by atoms with Gasteiger partial charge in [-0.05, 0) is 48.2 Å². The van der Waals surface area contributed by atoms with E-state index in [0.29, 0.717) is 48.9 Å². The topological polar surface area (TPSA) is 185 Å². The molecule has 3 aromatic carbocycles. The third-order valence-electron chi connectivity index (χ3n) is 9.14. The Morgan fingerprint density at radius 3 is 2.24 bits per heavy atom. The van der Waals surface area contributed by atoms with Gasteiger partial charge >= 0.3 is 0 Å². The molecule has 3 atom stereocenters. The summed E-state index contributed by atoms with van der Waals surface area (Å²) in [6, 6.07) is 24.1. The number of carbonyl (C=O) groups is 5. The lowest BCUT2D eigenvalue weighted by molar-refractivity contribution is -0.131. The summed E-state index contributed by atoms with van der Waals surface area (Å²) < 4.78 is 27.6. The van der Waals surface area contributed by atoms with Crippen molar-refractivity contribution in [1.82, 2.24) is 31.2 Å². The van der Waals surface area contributed by atoms with Crippen molar-refractivity contribution < 1.29 is 32.8 Å². The summed E-state index contributed by atoms with van der Waals surface area (Å²) in [5, 5.41) is 23.8. The Hall–Kier alpha value is -6.43. The third kappa shape index (κ3) is 11.3. The van der Waals surface area contributed by atoms with Gasteiger partial charge in [0.15, 0.2) is 0 Å². The molecule has 2 heterocycles. The van der Waals surface area contributed by atoms with Crippen molar-refractivity contribution in [2.45, 2.75) is 56.2 Å². The number of alkyl halides is 2. The van der Waals surface area contributed by atoms with Crippen LogP contribution in [-0.4, -0.2) is 90.1 Å². The van der Waals surface area contributed by atoms with E-state index in [0.717, 1.165) is 16.0 Å². The van der Waals surface area contributed by atoms with Crippen LogP contribution < -0.4 is 26.6 Å². The summed E-state index contributed by atoms with van der Waals surface area (Å²) in [6.45, 7) is -0.543. The first kappa shape index (κ1) is 39.8. The second-order valence-corrected chi connectivity index (χ2v) is 13.2. The highest BCUT2D eigenvalue weighted by Gasteiger charge is 2.47. The molecule has 0 saturated carbocycles. The van der Waals surface area contributed by atoms with Crippen molar-refractivity contribution in [3.63, 3.8) is 0 Å². The summed E-state index contributed by atoms with van der Waals surface area (Å²) in [5.41, 5.74) is 3.18. The quantitative estimate of drug-likeness (QED) is 0.0759. The zero-order valence-electron chi connectivity index (χ0n) is 30.0. The SMILES string of the molecule is N#CC1CC(F)(F)CN1C(=O)CNC(=O)c1ccnc2ccc(NCCCCNC(=O)C(Cc3ccccc3)NC(=O)C(Cc3ccccc3)NC=O)cc12. The largest absolute Gasteiger partial charge is 0.385 e. The first-order valence-corrected chi connectivity index (χ1v) is 17.9. The van der Waals surface area contributed by atoms with Gasteiger partial charge in [-0.1, -0.05) is 60.7 Å². The molecule has 1 aliphatic rings. The molecular weight excluding hydrogens is 710 g/mol. The minimum absolute atomic E-state index is 0.234. The Morgan fingerprint density at radius 1 is 0.891 bits per heavy atom. The second kappa shape index (κ2) is 19.1. The number of rotatable bonds is 18. The fourth-order valence-corrected chi connectivity index (χ4v) is 6.31. The van der Waals surface area contributed by atoms with Crippen LogP contribution in [0.2, 0.25) is 0 Å². The van der Waals surface area contributed by atoms with Crippen molar-refractivity contribution >= 4 is 46.6 Å². The number of hydrogen-bond donors (Lipinski definition) is 5. The van der Waals surface area contributed by atoms with Gasteiger partial charge in [-0.2, -0.15) is 5.26 Å². The van der Waals surface area contributed by atoms with Crippen LogP contribution in [0.15, 0.2) is 91.1 Å². The molecule has 5 N–H and O–H groups in total. The van der Waals surface area contributed by atoms with Crippen molar-refractivity contribution in [3.8, 4) is 6.07 Å². The van der Waals surface area contributed by atoms with Crippen LogP contribution in [0, 0.1) is 11.3 Å². The molecule has 286 valence electrons. The van der Waals surface area contributed by atoms with E-state index in [1.54, 1.807) is 24.3 Å². The number of benzene rings is 3. The van der Waals surface area contributed by atoms with Gasteiger partial charge in [-0.3, -0.25) is 29.0 Å². The maximum atomic E-state index is 13.8. The molecule has 5 rings (SSSR count). The first-order valence-electron chi connectivity index (χ1n) is 17.9. The zero-order chi connectivity index (χ0) is 39.2. The fraction of sp³-hybridized carbons (Fsp3) is 0.325. The fourth-order valence-electron chi connectivity index (χ4n) is 6.31. The lowest BCUT2D eigenvalue weighted by Crippen LogP contribution is -2.54. The van der Waals surface area contributed by atoms with Crippen LogP contribution in [0.3, 0.4) is 0 Å². The molecule has 1 saturated heterocycles. The van der Waals surface area contributed by atoms with E-state index in [2.05, 4.69) is 31.6 Å². The normalized spacial score (nSPS) is 15.6. The number of aromatic nitrogens is 1. The lowest BCUT2D eigenvalue weighted by Gasteiger charge is -2.22. The van der Waals surface area contributed by atoms with Crippen molar-refractivity contribution in [1.29, 1.82) is 5.26 Å². The average Bonchev–Trinajstić information content (AvgIpc) is 3.52. The molecule has 55 heavy (non-hydrogen) atoms. The predicted octanol–water partition coefficient (Wildman–Crippen LogP) is 3.12. The number of amides is 5. The van der Waals surface area contributed by atoms with Crippen LogP contribution in [0.4, 0.5) is 14.5 Å². The lowest BCUT2D eigenvalue weighted by atomic mass is 10.0. The van der Waals surface area contributed by atoms with E-state index in [4.69, 9.17) is 0 Å². The summed E-state index contributed by atoms with van der Waals surface area (Å²) in [6.07, 6.45) is 2.98. The number of anilines is 1. The minimum atomic E-state index is -3.16. The second-order valence-electron chi connectivity index (χ2n) is 13.2. The molecule has 0 aliphatic carbocycles. The van der Waals surface area contributed by atoms with Gasteiger partial charge in [0.2, 0.25) is 24.1 Å². The van der Waals surface area contributed by atoms with Gasteiger partial charge in [0, 0.05) is 49.6 Å². The number of hydrogen-bond acceptors (Lipinski definition) is 8. The van der Waals surface area contributed by atoms with Crippen LogP contribution in [-0.2, 0) is 32.0 Å². The van der Waals surface area contributed by atoms with Gasteiger partial charge in [-0.15, -0.1) is 0 Å². The molecule has 1 aromatic heterocycles. The van der Waals surface area contributed by atoms with E-state index in [1.165, 1.54) is 12.3 Å². The molecule has 0 radical (unpaired) electrons. The van der Waals surface area contributed by atoms with Crippen molar-refractivity contribution in [3.05, 3.63) is 108 Å². The Labute approximate surface area is 316 Å².